The van der Waals surface area contributed by atoms with Crippen molar-refractivity contribution in [3.05, 3.63) is 48.0 Å². The molecule has 26 heavy (non-hydrogen) atoms. The Morgan fingerprint density at radius 2 is 2.15 bits per heavy atom. The van der Waals surface area contributed by atoms with E-state index in [4.69, 9.17) is 4.42 Å². The summed E-state index contributed by atoms with van der Waals surface area (Å²) in [5, 5.41) is 18.5. The highest BCUT2D eigenvalue weighted by atomic mass is 16.3. The molecule has 3 aromatic heterocycles. The number of fused-ring (bicyclic) bond motifs is 1. The topological polar surface area (TPSA) is 101 Å². The Hall–Kier alpha value is -3.55. The van der Waals surface area contributed by atoms with Gasteiger partial charge in [-0.1, -0.05) is 0 Å². The van der Waals surface area contributed by atoms with E-state index in [1.54, 1.807) is 31.3 Å². The Morgan fingerprint density at radius 1 is 1.31 bits per heavy atom. The van der Waals surface area contributed by atoms with Crippen LogP contribution in [0.25, 0.3) is 22.2 Å². The van der Waals surface area contributed by atoms with Gasteiger partial charge >= 0.3 is 0 Å². The minimum absolute atomic E-state index is 0.215. The van der Waals surface area contributed by atoms with Crippen LogP contribution in [-0.4, -0.2) is 32.9 Å². The van der Waals surface area contributed by atoms with Crippen molar-refractivity contribution in [3.8, 4) is 11.3 Å². The smallest absolute Gasteiger partial charge is 0.261 e. The molecule has 8 heteroatoms. The van der Waals surface area contributed by atoms with Crippen LogP contribution in [0.5, 0.6) is 0 Å². The largest absolute Gasteiger partial charge is 0.472 e. The van der Waals surface area contributed by atoms with Gasteiger partial charge in [0.2, 0.25) is 0 Å². The summed E-state index contributed by atoms with van der Waals surface area (Å²) in [6.45, 7) is 1.81. The highest BCUT2D eigenvalue weighted by molar-refractivity contribution is 6.09. The number of aryl methyl sites for hydroxylation is 2. The number of anilines is 2. The van der Waals surface area contributed by atoms with Crippen LogP contribution in [0.3, 0.4) is 0 Å². The molecule has 1 amide bonds. The molecule has 0 saturated carbocycles. The van der Waals surface area contributed by atoms with E-state index in [1.165, 1.54) is 0 Å². The summed E-state index contributed by atoms with van der Waals surface area (Å²) in [6.07, 6.45) is 3.24. The zero-order valence-electron chi connectivity index (χ0n) is 14.6. The highest BCUT2D eigenvalue weighted by Gasteiger charge is 2.20. The molecule has 3 heterocycles. The molecule has 4 aromatic rings. The van der Waals surface area contributed by atoms with Crippen molar-refractivity contribution >= 4 is 28.3 Å². The van der Waals surface area contributed by atoms with Gasteiger partial charge in [-0.3, -0.25) is 14.6 Å². The summed E-state index contributed by atoms with van der Waals surface area (Å²) >= 11 is 0. The third-order valence-corrected chi connectivity index (χ3v) is 4.30. The Bertz CT molecular complexity index is 1090. The molecule has 0 fully saturated rings. The predicted octanol–water partition coefficient (Wildman–Crippen LogP) is 3.16. The van der Waals surface area contributed by atoms with Crippen LogP contribution in [0.15, 0.2) is 41.2 Å². The van der Waals surface area contributed by atoms with Gasteiger partial charge in [0.15, 0.2) is 0 Å². The van der Waals surface area contributed by atoms with E-state index in [1.807, 2.05) is 31.2 Å². The molecule has 0 unspecified atom stereocenters. The molecule has 3 N–H and O–H groups in total. The molecule has 0 atom stereocenters. The fourth-order valence-electron chi connectivity index (χ4n) is 3.12. The van der Waals surface area contributed by atoms with Gasteiger partial charge in [-0.15, -0.1) is 0 Å². The van der Waals surface area contributed by atoms with Crippen molar-refractivity contribution in [2.24, 2.45) is 7.05 Å². The van der Waals surface area contributed by atoms with Crippen molar-refractivity contribution in [3.63, 3.8) is 0 Å². The van der Waals surface area contributed by atoms with Crippen molar-refractivity contribution in [1.82, 2.24) is 20.0 Å². The lowest BCUT2D eigenvalue weighted by Crippen LogP contribution is -2.14. The van der Waals surface area contributed by atoms with Crippen LogP contribution >= 0.6 is 0 Å². The van der Waals surface area contributed by atoms with E-state index in [2.05, 4.69) is 25.9 Å². The quantitative estimate of drug-likeness (QED) is 0.525. The summed E-state index contributed by atoms with van der Waals surface area (Å²) in [4.78, 5) is 12.8. The van der Waals surface area contributed by atoms with Crippen LogP contribution in [0.2, 0.25) is 0 Å². The van der Waals surface area contributed by atoms with Crippen LogP contribution in [0.1, 0.15) is 16.1 Å². The normalized spacial score (nSPS) is 11.0. The maximum atomic E-state index is 12.8. The molecule has 1 aromatic carbocycles. The van der Waals surface area contributed by atoms with Gasteiger partial charge in [0.25, 0.3) is 5.91 Å². The van der Waals surface area contributed by atoms with E-state index in [0.717, 1.165) is 22.2 Å². The van der Waals surface area contributed by atoms with Gasteiger partial charge in [-0.05, 0) is 31.2 Å². The number of furan rings is 1. The first-order valence-corrected chi connectivity index (χ1v) is 8.12. The highest BCUT2D eigenvalue weighted by Crippen LogP contribution is 2.29. The van der Waals surface area contributed by atoms with Gasteiger partial charge < -0.3 is 15.1 Å². The first-order chi connectivity index (χ1) is 12.6. The molecule has 0 aliphatic carbocycles. The number of amides is 1. The van der Waals surface area contributed by atoms with E-state index < -0.39 is 0 Å². The van der Waals surface area contributed by atoms with Crippen molar-refractivity contribution in [1.29, 1.82) is 0 Å². The predicted molar refractivity (Wildman–Crippen MR) is 99.2 cm³/mol. The standard InChI is InChI=1S/C18H18N6O2/c1-10-15(17(19-2)24(3)23-10)18(25)20-12-4-5-14-13(8-12)16(22-21-14)11-6-7-26-9-11/h4-9,19H,1-3H3,(H,20,25)(H,21,22). The lowest BCUT2D eigenvalue weighted by atomic mass is 10.1. The molecular formula is C18H18N6O2. The maximum Gasteiger partial charge on any atom is 0.261 e. The van der Waals surface area contributed by atoms with Crippen LogP contribution in [0, 0.1) is 6.92 Å². The molecular weight excluding hydrogens is 332 g/mol. The number of carbonyl (C=O) groups is 1. The zero-order valence-corrected chi connectivity index (χ0v) is 14.6. The van der Waals surface area contributed by atoms with Crippen molar-refractivity contribution in [2.75, 3.05) is 17.7 Å². The summed E-state index contributed by atoms with van der Waals surface area (Å²) in [5.74, 6) is 0.455. The second-order valence-electron chi connectivity index (χ2n) is 5.98. The Balaban J connectivity index is 1.70. The first kappa shape index (κ1) is 15.9. The van der Waals surface area contributed by atoms with E-state index >= 15 is 0 Å². The number of aromatic amines is 1. The van der Waals surface area contributed by atoms with Crippen LogP contribution in [-0.2, 0) is 7.05 Å². The van der Waals surface area contributed by atoms with Crippen LogP contribution < -0.4 is 10.6 Å². The van der Waals surface area contributed by atoms with Crippen LogP contribution in [0.4, 0.5) is 11.5 Å². The minimum atomic E-state index is -0.215. The molecule has 0 aliphatic rings. The second-order valence-corrected chi connectivity index (χ2v) is 5.98. The number of benzene rings is 1. The molecule has 8 nitrogen and oxygen atoms in total. The molecule has 0 spiro atoms. The average Bonchev–Trinajstić information content (AvgIpc) is 3.32. The first-order valence-electron chi connectivity index (χ1n) is 8.12. The molecule has 0 saturated heterocycles. The number of nitrogens with zero attached hydrogens (tertiary/aromatic N) is 3. The Kier molecular flexibility index (Phi) is 3.72. The number of hydrogen-bond acceptors (Lipinski definition) is 5. The minimum Gasteiger partial charge on any atom is -0.472 e. The monoisotopic (exact) mass is 350 g/mol. The summed E-state index contributed by atoms with van der Waals surface area (Å²) in [5.41, 5.74) is 4.40. The number of nitrogens with one attached hydrogen (secondary N) is 3. The summed E-state index contributed by atoms with van der Waals surface area (Å²) in [7, 11) is 3.56. The van der Waals surface area contributed by atoms with Gasteiger partial charge in [0.05, 0.1) is 23.7 Å². The maximum absolute atomic E-state index is 12.8. The lowest BCUT2D eigenvalue weighted by Gasteiger charge is -2.08. The average molecular weight is 350 g/mol. The fourth-order valence-corrected chi connectivity index (χ4v) is 3.12. The third-order valence-electron chi connectivity index (χ3n) is 4.30. The van der Waals surface area contributed by atoms with E-state index in [0.29, 0.717) is 22.8 Å². The molecule has 0 radical (unpaired) electrons. The number of aromatic nitrogens is 4. The summed E-state index contributed by atoms with van der Waals surface area (Å²) < 4.78 is 6.79. The Morgan fingerprint density at radius 3 is 2.88 bits per heavy atom. The van der Waals surface area contributed by atoms with E-state index in [-0.39, 0.29) is 5.91 Å². The Labute approximate surface area is 149 Å². The number of H-pyrrole nitrogens is 1. The number of hydrogen-bond donors (Lipinski definition) is 3. The van der Waals surface area contributed by atoms with Crippen molar-refractivity contribution < 1.29 is 9.21 Å². The van der Waals surface area contributed by atoms with Gasteiger partial charge in [0, 0.05) is 30.7 Å². The fraction of sp³-hybridized carbons (Fsp3) is 0.167. The molecule has 0 bridgehead atoms. The molecule has 4 rings (SSSR count). The zero-order chi connectivity index (χ0) is 18.3. The molecule has 0 aliphatic heterocycles. The third kappa shape index (κ3) is 2.52. The van der Waals surface area contributed by atoms with Crippen molar-refractivity contribution in [2.45, 2.75) is 6.92 Å². The molecule has 132 valence electrons. The number of rotatable bonds is 4. The lowest BCUT2D eigenvalue weighted by molar-refractivity contribution is 0.102. The van der Waals surface area contributed by atoms with Gasteiger partial charge in [-0.2, -0.15) is 10.2 Å². The van der Waals surface area contributed by atoms with Gasteiger partial charge in [-0.25, -0.2) is 0 Å². The SMILES string of the molecule is CNc1c(C(=O)Nc2ccc3[nH]nc(-c4ccoc4)c3c2)c(C)nn1C. The second kappa shape index (κ2) is 6.07. The number of carbonyl (C=O) groups excluding carboxylic acids is 1. The van der Waals surface area contributed by atoms with E-state index in [9.17, 15) is 4.79 Å². The summed E-state index contributed by atoms with van der Waals surface area (Å²) in [6, 6.07) is 7.46. The van der Waals surface area contributed by atoms with Gasteiger partial charge in [0.1, 0.15) is 17.1 Å².